The molecular weight excluding hydrogens is 292 g/mol. The number of hydrogen-bond donors (Lipinski definition) is 0. The first-order valence-electron chi connectivity index (χ1n) is 8.43. The molecule has 2 atom stereocenters. The largest absolute Gasteiger partial charge is 0.368 e. The number of ether oxygens (including phenoxy) is 1. The summed E-state index contributed by atoms with van der Waals surface area (Å²) in [5, 5.41) is 0. The Labute approximate surface area is 136 Å². The maximum absolute atomic E-state index is 12.5. The van der Waals surface area contributed by atoms with Gasteiger partial charge < -0.3 is 14.5 Å². The normalized spacial score (nSPS) is 30.6. The SMILES string of the molecule is O=C([C@H]1CCCO1)N1CC[C@]2(CC(=O)N(c3ccccc3)C2)C1. The highest BCUT2D eigenvalue weighted by Crippen LogP contribution is 2.42. The van der Waals surface area contributed by atoms with Crippen LogP contribution in [0.2, 0.25) is 0 Å². The monoisotopic (exact) mass is 314 g/mol. The van der Waals surface area contributed by atoms with E-state index in [-0.39, 0.29) is 23.3 Å². The maximum atomic E-state index is 12.5. The van der Waals surface area contributed by atoms with Crippen LogP contribution in [0, 0.1) is 5.41 Å². The van der Waals surface area contributed by atoms with E-state index in [1.807, 2.05) is 40.1 Å². The van der Waals surface area contributed by atoms with Gasteiger partial charge in [-0.15, -0.1) is 0 Å². The second-order valence-corrected chi connectivity index (χ2v) is 7.00. The van der Waals surface area contributed by atoms with Crippen molar-refractivity contribution in [3.05, 3.63) is 30.3 Å². The van der Waals surface area contributed by atoms with Crippen LogP contribution >= 0.6 is 0 Å². The molecule has 3 fully saturated rings. The van der Waals surface area contributed by atoms with Crippen molar-refractivity contribution in [3.63, 3.8) is 0 Å². The number of carbonyl (C=O) groups is 2. The Balaban J connectivity index is 1.46. The number of rotatable bonds is 2. The molecule has 3 heterocycles. The van der Waals surface area contributed by atoms with Gasteiger partial charge in [0.05, 0.1) is 0 Å². The van der Waals surface area contributed by atoms with Crippen molar-refractivity contribution >= 4 is 17.5 Å². The fraction of sp³-hybridized carbons (Fsp3) is 0.556. The maximum Gasteiger partial charge on any atom is 0.251 e. The number of carbonyl (C=O) groups excluding carboxylic acids is 2. The number of anilines is 1. The van der Waals surface area contributed by atoms with Crippen LogP contribution in [-0.4, -0.2) is 49.1 Å². The van der Waals surface area contributed by atoms with Crippen molar-refractivity contribution in [2.24, 2.45) is 5.41 Å². The minimum Gasteiger partial charge on any atom is -0.368 e. The average Bonchev–Trinajstić information content (AvgIpc) is 3.29. The van der Waals surface area contributed by atoms with Gasteiger partial charge in [-0.05, 0) is 31.4 Å². The minimum atomic E-state index is -0.257. The highest BCUT2D eigenvalue weighted by atomic mass is 16.5. The van der Waals surface area contributed by atoms with Crippen LogP contribution in [0.25, 0.3) is 0 Å². The van der Waals surface area contributed by atoms with Crippen LogP contribution in [0.15, 0.2) is 30.3 Å². The lowest BCUT2D eigenvalue weighted by Gasteiger charge is -2.25. The molecule has 4 rings (SSSR count). The van der Waals surface area contributed by atoms with Crippen LogP contribution in [-0.2, 0) is 14.3 Å². The molecule has 0 aliphatic carbocycles. The summed E-state index contributed by atoms with van der Waals surface area (Å²) in [6, 6.07) is 9.81. The third-order valence-electron chi connectivity index (χ3n) is 5.34. The van der Waals surface area contributed by atoms with E-state index >= 15 is 0 Å². The van der Waals surface area contributed by atoms with E-state index < -0.39 is 0 Å². The van der Waals surface area contributed by atoms with Crippen molar-refractivity contribution in [1.82, 2.24) is 4.90 Å². The average molecular weight is 314 g/mol. The minimum absolute atomic E-state index is 0.0822. The van der Waals surface area contributed by atoms with Gasteiger partial charge in [-0.2, -0.15) is 0 Å². The highest BCUT2D eigenvalue weighted by Gasteiger charge is 2.49. The molecule has 5 nitrogen and oxygen atoms in total. The molecule has 1 aromatic carbocycles. The molecule has 1 aromatic rings. The zero-order chi connectivity index (χ0) is 15.9. The number of hydrogen-bond acceptors (Lipinski definition) is 3. The Hall–Kier alpha value is -1.88. The molecule has 5 heteroatoms. The molecular formula is C18H22N2O3. The molecule has 0 bridgehead atoms. The Morgan fingerprint density at radius 3 is 2.78 bits per heavy atom. The fourth-order valence-corrected chi connectivity index (χ4v) is 4.11. The number of para-hydroxylation sites is 1. The summed E-state index contributed by atoms with van der Waals surface area (Å²) in [4.78, 5) is 28.8. The lowest BCUT2D eigenvalue weighted by molar-refractivity contribution is -0.140. The molecule has 0 N–H and O–H groups in total. The summed E-state index contributed by atoms with van der Waals surface area (Å²) >= 11 is 0. The summed E-state index contributed by atoms with van der Waals surface area (Å²) < 4.78 is 5.52. The Bertz CT molecular complexity index is 612. The van der Waals surface area contributed by atoms with Crippen molar-refractivity contribution in [2.75, 3.05) is 31.1 Å². The summed E-state index contributed by atoms with van der Waals surface area (Å²) in [6.07, 6.45) is 2.98. The van der Waals surface area contributed by atoms with Crippen molar-refractivity contribution in [2.45, 2.75) is 31.8 Å². The van der Waals surface area contributed by atoms with Crippen LogP contribution in [0.1, 0.15) is 25.7 Å². The molecule has 0 aromatic heterocycles. The summed E-state index contributed by atoms with van der Waals surface area (Å²) in [6.45, 7) is 2.83. The molecule has 3 saturated heterocycles. The third-order valence-corrected chi connectivity index (χ3v) is 5.34. The van der Waals surface area contributed by atoms with Crippen molar-refractivity contribution < 1.29 is 14.3 Å². The van der Waals surface area contributed by atoms with E-state index in [9.17, 15) is 9.59 Å². The Morgan fingerprint density at radius 1 is 1.22 bits per heavy atom. The predicted octanol–water partition coefficient (Wildman–Crippen LogP) is 1.82. The molecule has 3 aliphatic rings. The first-order chi connectivity index (χ1) is 11.2. The quantitative estimate of drug-likeness (QED) is 0.837. The highest BCUT2D eigenvalue weighted by molar-refractivity contribution is 5.96. The van der Waals surface area contributed by atoms with E-state index in [4.69, 9.17) is 4.74 Å². The van der Waals surface area contributed by atoms with Crippen molar-refractivity contribution in [3.8, 4) is 0 Å². The van der Waals surface area contributed by atoms with Gasteiger partial charge in [0.2, 0.25) is 5.91 Å². The lowest BCUT2D eigenvalue weighted by Crippen LogP contribution is -2.39. The van der Waals surface area contributed by atoms with Crippen LogP contribution < -0.4 is 4.90 Å². The zero-order valence-corrected chi connectivity index (χ0v) is 13.2. The second kappa shape index (κ2) is 5.64. The second-order valence-electron chi connectivity index (χ2n) is 7.00. The van der Waals surface area contributed by atoms with E-state index in [0.717, 1.165) is 31.5 Å². The fourth-order valence-electron chi connectivity index (χ4n) is 4.11. The van der Waals surface area contributed by atoms with Crippen LogP contribution in [0.5, 0.6) is 0 Å². The molecule has 0 radical (unpaired) electrons. The number of nitrogens with zero attached hydrogens (tertiary/aromatic N) is 2. The third kappa shape index (κ3) is 2.63. The number of amides is 2. The van der Waals surface area contributed by atoms with Crippen LogP contribution in [0.3, 0.4) is 0 Å². The number of benzene rings is 1. The molecule has 122 valence electrons. The Morgan fingerprint density at radius 2 is 2.04 bits per heavy atom. The first-order valence-corrected chi connectivity index (χ1v) is 8.43. The summed E-state index contributed by atoms with van der Waals surface area (Å²) in [7, 11) is 0. The smallest absolute Gasteiger partial charge is 0.251 e. The van der Waals surface area contributed by atoms with E-state index in [2.05, 4.69) is 0 Å². The van der Waals surface area contributed by atoms with Crippen LogP contribution in [0.4, 0.5) is 5.69 Å². The summed E-state index contributed by atoms with van der Waals surface area (Å²) in [5.41, 5.74) is 0.875. The molecule has 2 amide bonds. The molecule has 0 saturated carbocycles. The van der Waals surface area contributed by atoms with Crippen molar-refractivity contribution in [1.29, 1.82) is 0 Å². The predicted molar refractivity (Wildman–Crippen MR) is 86.0 cm³/mol. The number of likely N-dealkylation sites (tertiary alicyclic amines) is 1. The summed E-state index contributed by atoms with van der Waals surface area (Å²) in [5.74, 6) is 0.285. The molecule has 23 heavy (non-hydrogen) atoms. The first kappa shape index (κ1) is 14.7. The van der Waals surface area contributed by atoms with Gasteiger partial charge in [-0.1, -0.05) is 18.2 Å². The molecule has 0 unspecified atom stereocenters. The van der Waals surface area contributed by atoms with Gasteiger partial charge in [0.15, 0.2) is 0 Å². The molecule has 1 spiro atoms. The van der Waals surface area contributed by atoms with Gasteiger partial charge in [0.1, 0.15) is 6.10 Å². The van der Waals surface area contributed by atoms with E-state index in [1.54, 1.807) is 0 Å². The lowest BCUT2D eigenvalue weighted by atomic mass is 9.86. The topological polar surface area (TPSA) is 49.9 Å². The standard InChI is InChI=1S/C18H22N2O3/c21-16-11-18(13-20(16)14-5-2-1-3-6-14)8-9-19(12-18)17(22)15-7-4-10-23-15/h1-3,5-6,15H,4,7-13H2/t15-,18+/m1/s1. The Kier molecular flexibility index (Phi) is 3.60. The van der Waals surface area contributed by atoms with Gasteiger partial charge in [-0.25, -0.2) is 0 Å². The van der Waals surface area contributed by atoms with E-state index in [1.165, 1.54) is 0 Å². The van der Waals surface area contributed by atoms with Gasteiger partial charge in [-0.3, -0.25) is 9.59 Å². The van der Waals surface area contributed by atoms with Gasteiger partial charge in [0.25, 0.3) is 5.91 Å². The van der Waals surface area contributed by atoms with E-state index in [0.29, 0.717) is 26.1 Å². The zero-order valence-electron chi connectivity index (χ0n) is 13.2. The van der Waals surface area contributed by atoms with Gasteiger partial charge >= 0.3 is 0 Å². The van der Waals surface area contributed by atoms with Gasteiger partial charge in [0, 0.05) is 43.8 Å². The molecule has 3 aliphatic heterocycles.